The van der Waals surface area contributed by atoms with Crippen molar-refractivity contribution in [3.05, 3.63) is 46.3 Å². The Morgan fingerprint density at radius 1 is 1.22 bits per heavy atom. The maximum absolute atomic E-state index is 9.49. The van der Waals surface area contributed by atoms with Gasteiger partial charge in [-0.3, -0.25) is 0 Å². The molecule has 0 amide bonds. The molecule has 0 fully saturated rings. The molecule has 1 unspecified atom stereocenters. The van der Waals surface area contributed by atoms with Crippen molar-refractivity contribution < 1.29 is 9.84 Å². The highest BCUT2D eigenvalue weighted by molar-refractivity contribution is 6.33. The first-order valence-electron chi connectivity index (χ1n) is 5.11. The number of rotatable bonds is 3. The summed E-state index contributed by atoms with van der Waals surface area (Å²) in [6.07, 6.45) is 0.507. The van der Waals surface area contributed by atoms with Crippen LogP contribution < -0.4 is 0 Å². The van der Waals surface area contributed by atoms with Gasteiger partial charge >= 0.3 is 0 Å². The molecule has 0 saturated carbocycles. The molecule has 0 aliphatic heterocycles. The van der Waals surface area contributed by atoms with Crippen LogP contribution in [0.4, 0.5) is 0 Å². The number of methoxy groups -OCH3 is 1. The quantitative estimate of drug-likeness (QED) is 0.695. The average molecular weight is 285 g/mol. The molecule has 0 radical (unpaired) electrons. The number of nitrogens with zero attached hydrogens (tertiary/aromatic N) is 2. The Labute approximate surface area is 114 Å². The lowest BCUT2D eigenvalue weighted by Gasteiger charge is -2.09. The summed E-state index contributed by atoms with van der Waals surface area (Å²) < 4.78 is 4.81. The Kier molecular flexibility index (Phi) is 4.14. The standard InChI is InChI=1S/C12H10Cl2N2O2/c1-18-11(17)8-4-2-7(3-5-8)10-9(13)6-15-12(14)16-10/h2-6,11,17H,1H3. The Morgan fingerprint density at radius 2 is 1.89 bits per heavy atom. The predicted octanol–water partition coefficient (Wildman–Crippen LogP) is 3.09. The third-order valence-electron chi connectivity index (χ3n) is 2.41. The van der Waals surface area contributed by atoms with Gasteiger partial charge in [0, 0.05) is 18.2 Å². The van der Waals surface area contributed by atoms with Crippen LogP contribution in [0.2, 0.25) is 10.3 Å². The number of halogens is 2. The SMILES string of the molecule is COC(O)c1ccc(-c2nc(Cl)ncc2Cl)cc1. The zero-order valence-electron chi connectivity index (χ0n) is 9.47. The van der Waals surface area contributed by atoms with Crippen LogP contribution in [0.1, 0.15) is 11.9 Å². The minimum atomic E-state index is -0.941. The number of hydrogen-bond acceptors (Lipinski definition) is 4. The number of ether oxygens (including phenoxy) is 1. The van der Waals surface area contributed by atoms with Crippen molar-refractivity contribution in [1.29, 1.82) is 0 Å². The fraction of sp³-hybridized carbons (Fsp3) is 0.167. The second-order valence-electron chi connectivity index (χ2n) is 3.55. The van der Waals surface area contributed by atoms with Gasteiger partial charge in [-0.25, -0.2) is 9.97 Å². The van der Waals surface area contributed by atoms with Crippen LogP contribution >= 0.6 is 23.2 Å². The molecule has 94 valence electrons. The Hall–Kier alpha value is -1.20. The molecule has 2 rings (SSSR count). The number of aliphatic hydroxyl groups excluding tert-OH is 1. The molecule has 0 aliphatic rings. The molecule has 0 spiro atoms. The highest BCUT2D eigenvalue weighted by Crippen LogP contribution is 2.27. The van der Waals surface area contributed by atoms with Crippen molar-refractivity contribution in [3.8, 4) is 11.3 Å². The molecule has 0 bridgehead atoms. The van der Waals surface area contributed by atoms with Gasteiger partial charge in [0.15, 0.2) is 6.29 Å². The van der Waals surface area contributed by atoms with E-state index >= 15 is 0 Å². The molecule has 0 saturated heterocycles. The molecule has 1 aromatic heterocycles. The van der Waals surface area contributed by atoms with Gasteiger partial charge in [-0.2, -0.15) is 0 Å². The Balaban J connectivity index is 2.37. The van der Waals surface area contributed by atoms with Gasteiger partial charge in [-0.05, 0) is 11.6 Å². The highest BCUT2D eigenvalue weighted by Gasteiger charge is 2.09. The molecule has 1 aromatic carbocycles. The van der Waals surface area contributed by atoms with Crippen LogP contribution in [-0.2, 0) is 4.74 Å². The summed E-state index contributed by atoms with van der Waals surface area (Å²) in [5.74, 6) is 0. The maximum Gasteiger partial charge on any atom is 0.222 e. The van der Waals surface area contributed by atoms with Gasteiger partial charge in [-0.15, -0.1) is 0 Å². The summed E-state index contributed by atoms with van der Waals surface area (Å²) in [4.78, 5) is 7.85. The van der Waals surface area contributed by atoms with Gasteiger partial charge in [0.1, 0.15) is 0 Å². The molecular weight excluding hydrogens is 275 g/mol. The van der Waals surface area contributed by atoms with E-state index in [9.17, 15) is 5.11 Å². The summed E-state index contributed by atoms with van der Waals surface area (Å²) in [7, 11) is 1.43. The monoisotopic (exact) mass is 284 g/mol. The summed E-state index contributed by atoms with van der Waals surface area (Å²) in [5, 5.41) is 10.0. The van der Waals surface area contributed by atoms with Crippen molar-refractivity contribution in [1.82, 2.24) is 9.97 Å². The smallest absolute Gasteiger partial charge is 0.222 e. The minimum Gasteiger partial charge on any atom is -0.364 e. The zero-order valence-corrected chi connectivity index (χ0v) is 11.0. The van der Waals surface area contributed by atoms with E-state index in [2.05, 4.69) is 9.97 Å². The molecule has 4 nitrogen and oxygen atoms in total. The summed E-state index contributed by atoms with van der Waals surface area (Å²) >= 11 is 11.7. The van der Waals surface area contributed by atoms with E-state index in [0.29, 0.717) is 16.3 Å². The predicted molar refractivity (Wildman–Crippen MR) is 69.5 cm³/mol. The third-order valence-corrected chi connectivity index (χ3v) is 2.87. The molecule has 6 heteroatoms. The van der Waals surface area contributed by atoms with E-state index < -0.39 is 6.29 Å². The number of hydrogen-bond donors (Lipinski definition) is 1. The van der Waals surface area contributed by atoms with Crippen molar-refractivity contribution in [3.63, 3.8) is 0 Å². The molecular formula is C12H10Cl2N2O2. The Morgan fingerprint density at radius 3 is 2.50 bits per heavy atom. The number of benzene rings is 1. The van der Waals surface area contributed by atoms with Gasteiger partial charge in [0.25, 0.3) is 0 Å². The number of aromatic nitrogens is 2. The zero-order chi connectivity index (χ0) is 13.1. The number of aliphatic hydroxyl groups is 1. The Bertz CT molecular complexity index is 546. The van der Waals surface area contributed by atoms with Crippen molar-refractivity contribution >= 4 is 23.2 Å². The third kappa shape index (κ3) is 2.79. The lowest BCUT2D eigenvalue weighted by molar-refractivity contribution is -0.0769. The normalized spacial score (nSPS) is 12.4. The van der Waals surface area contributed by atoms with Crippen LogP contribution in [0.5, 0.6) is 0 Å². The van der Waals surface area contributed by atoms with E-state index in [4.69, 9.17) is 27.9 Å². The molecule has 2 aromatic rings. The lowest BCUT2D eigenvalue weighted by atomic mass is 10.1. The second-order valence-corrected chi connectivity index (χ2v) is 4.29. The second kappa shape index (κ2) is 5.63. The lowest BCUT2D eigenvalue weighted by Crippen LogP contribution is -1.99. The van der Waals surface area contributed by atoms with Crippen LogP contribution in [0.15, 0.2) is 30.5 Å². The molecule has 1 heterocycles. The first kappa shape index (κ1) is 13.2. The van der Waals surface area contributed by atoms with E-state index in [1.807, 2.05) is 0 Å². The fourth-order valence-corrected chi connectivity index (χ4v) is 1.82. The summed E-state index contributed by atoms with van der Waals surface area (Å²) in [6, 6.07) is 7.02. The van der Waals surface area contributed by atoms with E-state index in [0.717, 1.165) is 5.56 Å². The first-order chi connectivity index (χ1) is 8.61. The van der Waals surface area contributed by atoms with Gasteiger partial charge in [0.05, 0.1) is 16.9 Å². The van der Waals surface area contributed by atoms with Crippen LogP contribution in [0.3, 0.4) is 0 Å². The largest absolute Gasteiger partial charge is 0.364 e. The van der Waals surface area contributed by atoms with E-state index in [1.165, 1.54) is 13.3 Å². The maximum atomic E-state index is 9.49. The minimum absolute atomic E-state index is 0.135. The van der Waals surface area contributed by atoms with Crippen LogP contribution in [0, 0.1) is 0 Å². The average Bonchev–Trinajstić information content (AvgIpc) is 2.41. The molecule has 1 atom stereocenters. The van der Waals surface area contributed by atoms with Crippen molar-refractivity contribution in [2.45, 2.75) is 6.29 Å². The van der Waals surface area contributed by atoms with Gasteiger partial charge in [0.2, 0.25) is 5.28 Å². The van der Waals surface area contributed by atoms with Crippen molar-refractivity contribution in [2.24, 2.45) is 0 Å². The van der Waals surface area contributed by atoms with Crippen LogP contribution in [0.25, 0.3) is 11.3 Å². The fourth-order valence-electron chi connectivity index (χ4n) is 1.49. The van der Waals surface area contributed by atoms with E-state index in [1.54, 1.807) is 24.3 Å². The van der Waals surface area contributed by atoms with Gasteiger partial charge in [-0.1, -0.05) is 35.9 Å². The van der Waals surface area contributed by atoms with E-state index in [-0.39, 0.29) is 5.28 Å². The molecule has 1 N–H and O–H groups in total. The first-order valence-corrected chi connectivity index (χ1v) is 5.86. The van der Waals surface area contributed by atoms with Gasteiger partial charge < -0.3 is 9.84 Å². The summed E-state index contributed by atoms with van der Waals surface area (Å²) in [5.41, 5.74) is 1.99. The highest BCUT2D eigenvalue weighted by atomic mass is 35.5. The van der Waals surface area contributed by atoms with Crippen molar-refractivity contribution in [2.75, 3.05) is 7.11 Å². The molecule has 18 heavy (non-hydrogen) atoms. The topological polar surface area (TPSA) is 55.2 Å². The summed E-state index contributed by atoms with van der Waals surface area (Å²) in [6.45, 7) is 0. The van der Waals surface area contributed by atoms with Crippen LogP contribution in [-0.4, -0.2) is 22.2 Å². The molecule has 0 aliphatic carbocycles.